The van der Waals surface area contributed by atoms with Gasteiger partial charge in [0.2, 0.25) is 0 Å². The second-order valence-corrected chi connectivity index (χ2v) is 3.47. The average Bonchev–Trinajstić information content (AvgIpc) is 2.64. The number of para-hydroxylation sites is 2. The van der Waals surface area contributed by atoms with Crippen LogP contribution in [-0.2, 0) is 17.3 Å². The number of imidazole rings is 1. The molecule has 0 amide bonds. The second-order valence-electron chi connectivity index (χ2n) is 3.20. The lowest BCUT2D eigenvalue weighted by Crippen LogP contribution is -2.05. The van der Waals surface area contributed by atoms with Crippen molar-refractivity contribution in [3.8, 4) is 0 Å². The summed E-state index contributed by atoms with van der Waals surface area (Å²) in [7, 11) is 0. The molecule has 0 aliphatic rings. The molecule has 80 valence electrons. The zero-order chi connectivity index (χ0) is 10.7. The van der Waals surface area contributed by atoms with Crippen LogP contribution in [-0.4, -0.2) is 16.2 Å². The molecule has 15 heavy (non-hydrogen) atoms. The summed E-state index contributed by atoms with van der Waals surface area (Å²) in [6.07, 6.45) is 0. The third kappa shape index (κ3) is 1.98. The molecule has 1 aromatic heterocycles. The predicted molar refractivity (Wildman–Crippen MR) is 60.9 cm³/mol. The molecule has 0 aliphatic heterocycles. The molecule has 0 radical (unpaired) electrons. The summed E-state index contributed by atoms with van der Waals surface area (Å²) >= 11 is 5.84. The fraction of sp³-hybridized carbons (Fsp3) is 0.364. The van der Waals surface area contributed by atoms with E-state index in [-0.39, 0.29) is 0 Å². The molecule has 2 aromatic rings. The highest BCUT2D eigenvalue weighted by atomic mass is 35.5. The normalized spacial score (nSPS) is 11.1. The summed E-state index contributed by atoms with van der Waals surface area (Å²) < 4.78 is 7.40. The smallest absolute Gasteiger partial charge is 0.126 e. The number of alkyl halides is 1. The number of rotatable bonds is 4. The average molecular weight is 225 g/mol. The van der Waals surface area contributed by atoms with Gasteiger partial charge in [-0.2, -0.15) is 0 Å². The number of nitrogens with zero attached hydrogens (tertiary/aromatic N) is 2. The second kappa shape index (κ2) is 4.64. The molecule has 0 saturated heterocycles. The Bertz CT molecular complexity index is 453. The number of halogens is 1. The monoisotopic (exact) mass is 224 g/mol. The van der Waals surface area contributed by atoms with Crippen molar-refractivity contribution in [2.75, 3.05) is 6.61 Å². The van der Waals surface area contributed by atoms with Crippen molar-refractivity contribution in [1.82, 2.24) is 9.55 Å². The van der Waals surface area contributed by atoms with Crippen LogP contribution in [0.5, 0.6) is 0 Å². The first kappa shape index (κ1) is 10.5. The van der Waals surface area contributed by atoms with Gasteiger partial charge in [0.15, 0.2) is 0 Å². The van der Waals surface area contributed by atoms with Gasteiger partial charge in [-0.1, -0.05) is 12.1 Å². The van der Waals surface area contributed by atoms with E-state index in [2.05, 4.69) is 4.98 Å². The number of aromatic nitrogens is 2. The molecule has 2 rings (SSSR count). The maximum Gasteiger partial charge on any atom is 0.126 e. The van der Waals surface area contributed by atoms with E-state index >= 15 is 0 Å². The summed E-state index contributed by atoms with van der Waals surface area (Å²) in [5, 5.41) is 0. The fourth-order valence-electron chi connectivity index (χ4n) is 1.55. The zero-order valence-electron chi connectivity index (χ0n) is 8.61. The Morgan fingerprint density at radius 1 is 1.40 bits per heavy atom. The first-order valence-corrected chi connectivity index (χ1v) is 5.48. The van der Waals surface area contributed by atoms with Crippen molar-refractivity contribution >= 4 is 22.6 Å². The summed E-state index contributed by atoms with van der Waals surface area (Å²) in [5.41, 5.74) is 2.04. The van der Waals surface area contributed by atoms with Crippen molar-refractivity contribution in [1.29, 1.82) is 0 Å². The van der Waals surface area contributed by atoms with Gasteiger partial charge >= 0.3 is 0 Å². The van der Waals surface area contributed by atoms with Crippen molar-refractivity contribution in [3.05, 3.63) is 30.1 Å². The molecule has 0 fully saturated rings. The van der Waals surface area contributed by atoms with E-state index in [0.717, 1.165) is 16.9 Å². The summed E-state index contributed by atoms with van der Waals surface area (Å²) in [5.74, 6) is 1.26. The molecular weight excluding hydrogens is 212 g/mol. The van der Waals surface area contributed by atoms with Gasteiger partial charge in [0.1, 0.15) is 12.6 Å². The van der Waals surface area contributed by atoms with Crippen LogP contribution in [0.1, 0.15) is 12.7 Å². The van der Waals surface area contributed by atoms with E-state index in [1.54, 1.807) is 0 Å². The van der Waals surface area contributed by atoms with Gasteiger partial charge in [0.25, 0.3) is 0 Å². The van der Waals surface area contributed by atoms with Crippen LogP contribution in [0, 0.1) is 0 Å². The Hall–Kier alpha value is -1.06. The molecule has 0 unspecified atom stereocenters. The summed E-state index contributed by atoms with van der Waals surface area (Å²) in [4.78, 5) is 4.44. The van der Waals surface area contributed by atoms with Crippen molar-refractivity contribution in [2.24, 2.45) is 0 Å². The van der Waals surface area contributed by atoms with E-state index in [0.29, 0.717) is 19.2 Å². The van der Waals surface area contributed by atoms with Crippen LogP contribution in [0.25, 0.3) is 11.0 Å². The van der Waals surface area contributed by atoms with E-state index in [1.807, 2.05) is 35.8 Å². The molecule has 0 spiro atoms. The third-order valence-electron chi connectivity index (χ3n) is 2.28. The Labute approximate surface area is 93.6 Å². The van der Waals surface area contributed by atoms with Crippen molar-refractivity contribution < 1.29 is 4.74 Å². The molecule has 0 bridgehead atoms. The number of fused-ring (bicyclic) bond motifs is 1. The SMILES string of the molecule is CCOCn1c(CCl)nc2ccccc21. The molecule has 0 saturated carbocycles. The fourth-order valence-corrected chi connectivity index (χ4v) is 1.76. The zero-order valence-corrected chi connectivity index (χ0v) is 9.37. The van der Waals surface area contributed by atoms with E-state index in [4.69, 9.17) is 16.3 Å². The minimum absolute atomic E-state index is 0.405. The number of hydrogen-bond donors (Lipinski definition) is 0. The lowest BCUT2D eigenvalue weighted by Gasteiger charge is -2.06. The molecule has 3 nitrogen and oxygen atoms in total. The van der Waals surface area contributed by atoms with Gasteiger partial charge in [-0.3, -0.25) is 0 Å². The van der Waals surface area contributed by atoms with Crippen LogP contribution in [0.4, 0.5) is 0 Å². The lowest BCUT2D eigenvalue weighted by atomic mass is 10.3. The molecule has 1 aromatic carbocycles. The van der Waals surface area contributed by atoms with Gasteiger partial charge in [-0.25, -0.2) is 4.98 Å². The highest BCUT2D eigenvalue weighted by Crippen LogP contribution is 2.17. The van der Waals surface area contributed by atoms with Crippen molar-refractivity contribution in [2.45, 2.75) is 19.5 Å². The minimum Gasteiger partial charge on any atom is -0.361 e. The standard InChI is InChI=1S/C11H13ClN2O/c1-2-15-8-14-10-6-4-3-5-9(10)13-11(14)7-12/h3-6H,2,7-8H2,1H3. The van der Waals surface area contributed by atoms with Gasteiger partial charge in [-0.05, 0) is 19.1 Å². The first-order chi connectivity index (χ1) is 7.36. The quantitative estimate of drug-likeness (QED) is 0.747. The Morgan fingerprint density at radius 2 is 2.20 bits per heavy atom. The van der Waals surface area contributed by atoms with Crippen LogP contribution in [0.3, 0.4) is 0 Å². The summed E-state index contributed by atoms with van der Waals surface area (Å²) in [6, 6.07) is 7.97. The van der Waals surface area contributed by atoms with Crippen LogP contribution in [0.15, 0.2) is 24.3 Å². The first-order valence-electron chi connectivity index (χ1n) is 4.94. The van der Waals surface area contributed by atoms with Gasteiger partial charge in [-0.15, -0.1) is 11.6 Å². The van der Waals surface area contributed by atoms with E-state index in [9.17, 15) is 0 Å². The Kier molecular flexibility index (Phi) is 3.23. The maximum absolute atomic E-state index is 5.84. The maximum atomic E-state index is 5.84. The van der Waals surface area contributed by atoms with E-state index in [1.165, 1.54) is 0 Å². The summed E-state index contributed by atoms with van der Waals surface area (Å²) in [6.45, 7) is 3.17. The Morgan fingerprint density at radius 3 is 2.93 bits per heavy atom. The molecule has 0 aliphatic carbocycles. The van der Waals surface area contributed by atoms with Crippen molar-refractivity contribution in [3.63, 3.8) is 0 Å². The third-order valence-corrected chi connectivity index (χ3v) is 2.52. The number of ether oxygens (including phenoxy) is 1. The highest BCUT2D eigenvalue weighted by molar-refractivity contribution is 6.16. The molecular formula is C11H13ClN2O. The molecule has 4 heteroatoms. The van der Waals surface area contributed by atoms with Crippen LogP contribution >= 0.6 is 11.6 Å². The van der Waals surface area contributed by atoms with Gasteiger partial charge in [0, 0.05) is 6.61 Å². The topological polar surface area (TPSA) is 27.1 Å². The Balaban J connectivity index is 2.47. The van der Waals surface area contributed by atoms with Gasteiger partial charge < -0.3 is 9.30 Å². The largest absolute Gasteiger partial charge is 0.361 e. The predicted octanol–water partition coefficient (Wildman–Crippen LogP) is 2.77. The number of benzene rings is 1. The van der Waals surface area contributed by atoms with E-state index < -0.39 is 0 Å². The molecule has 1 heterocycles. The lowest BCUT2D eigenvalue weighted by molar-refractivity contribution is 0.0890. The minimum atomic E-state index is 0.405. The highest BCUT2D eigenvalue weighted by Gasteiger charge is 2.08. The van der Waals surface area contributed by atoms with Crippen LogP contribution < -0.4 is 0 Å². The van der Waals surface area contributed by atoms with Gasteiger partial charge in [0.05, 0.1) is 16.9 Å². The molecule has 0 atom stereocenters. The number of hydrogen-bond acceptors (Lipinski definition) is 2. The molecule has 0 N–H and O–H groups in total. The van der Waals surface area contributed by atoms with Crippen LogP contribution in [0.2, 0.25) is 0 Å².